The maximum Gasteiger partial charge on any atom is 0.416 e. The van der Waals surface area contributed by atoms with Gasteiger partial charge in [0.2, 0.25) is 5.91 Å². The molecule has 3 rings (SSSR count). The Bertz CT molecular complexity index is 1340. The number of halogens is 4. The highest BCUT2D eigenvalue weighted by Crippen LogP contribution is 2.34. The van der Waals surface area contributed by atoms with Gasteiger partial charge in [-0.25, -0.2) is 8.42 Å². The quantitative estimate of drug-likeness (QED) is 0.421. The number of hydrogen-bond donors (Lipinski definition) is 1. The van der Waals surface area contributed by atoms with E-state index in [1.165, 1.54) is 31.4 Å². The molecule has 0 aliphatic rings. The molecule has 0 saturated heterocycles. The third-order valence-corrected chi connectivity index (χ3v) is 7.19. The van der Waals surface area contributed by atoms with E-state index in [2.05, 4.69) is 5.32 Å². The normalized spacial score (nSPS) is 11.7. The van der Waals surface area contributed by atoms with Gasteiger partial charge in [-0.05, 0) is 61.9 Å². The van der Waals surface area contributed by atoms with Crippen LogP contribution in [0.25, 0.3) is 0 Å². The second kappa shape index (κ2) is 10.2. The first-order chi connectivity index (χ1) is 16.3. The van der Waals surface area contributed by atoms with Gasteiger partial charge in [-0.1, -0.05) is 35.4 Å². The van der Waals surface area contributed by atoms with E-state index in [1.807, 2.05) is 6.92 Å². The predicted octanol–water partition coefficient (Wildman–Crippen LogP) is 5.82. The molecule has 11 heteroatoms. The molecule has 186 valence electrons. The molecule has 0 radical (unpaired) electrons. The fourth-order valence-electron chi connectivity index (χ4n) is 3.25. The smallest absolute Gasteiger partial charge is 0.416 e. The first-order valence-corrected chi connectivity index (χ1v) is 12.1. The van der Waals surface area contributed by atoms with Crippen molar-refractivity contribution in [1.29, 1.82) is 0 Å². The number of hydrogen-bond acceptors (Lipinski definition) is 4. The third-order valence-electron chi connectivity index (χ3n) is 5.06. The highest BCUT2D eigenvalue weighted by atomic mass is 35.5. The molecular weight excluding hydrogens is 505 g/mol. The standard InChI is InChI=1S/C24H22ClF3N2O4S/c1-15-4-8-18(9-5-15)30(35(32,33)22-12-16(2)6-11-21(22)34-3)14-23(31)29-20-13-17(24(26,27)28)7-10-19(20)25/h4-13H,14H2,1-3H3,(H,29,31). The summed E-state index contributed by atoms with van der Waals surface area (Å²) in [5.41, 5.74) is 0.392. The van der Waals surface area contributed by atoms with Gasteiger partial charge in [-0.3, -0.25) is 9.10 Å². The van der Waals surface area contributed by atoms with Crippen LogP contribution in [0.15, 0.2) is 65.6 Å². The number of benzene rings is 3. The van der Waals surface area contributed by atoms with Crippen LogP contribution >= 0.6 is 11.6 Å². The Labute approximate surface area is 206 Å². The van der Waals surface area contributed by atoms with E-state index in [4.69, 9.17) is 16.3 Å². The largest absolute Gasteiger partial charge is 0.495 e. The van der Waals surface area contributed by atoms with Crippen molar-refractivity contribution >= 4 is 38.9 Å². The first-order valence-electron chi connectivity index (χ1n) is 10.2. The molecule has 3 aromatic carbocycles. The molecule has 0 unspecified atom stereocenters. The lowest BCUT2D eigenvalue weighted by molar-refractivity contribution is -0.137. The monoisotopic (exact) mass is 526 g/mol. The Balaban J connectivity index is 2.02. The highest BCUT2D eigenvalue weighted by Gasteiger charge is 2.32. The van der Waals surface area contributed by atoms with Crippen LogP contribution in [0.2, 0.25) is 5.02 Å². The summed E-state index contributed by atoms with van der Waals surface area (Å²) in [6, 6.07) is 13.5. The SMILES string of the molecule is COc1ccc(C)cc1S(=O)(=O)N(CC(=O)Nc1cc(C(F)(F)F)ccc1Cl)c1ccc(C)cc1. The summed E-state index contributed by atoms with van der Waals surface area (Å²) >= 11 is 5.97. The lowest BCUT2D eigenvalue weighted by atomic mass is 10.2. The molecule has 0 saturated carbocycles. The molecule has 3 aromatic rings. The summed E-state index contributed by atoms with van der Waals surface area (Å²) in [6.45, 7) is 2.79. The number of rotatable bonds is 7. The number of amides is 1. The van der Waals surface area contributed by atoms with Gasteiger partial charge in [0.25, 0.3) is 10.0 Å². The van der Waals surface area contributed by atoms with Crippen molar-refractivity contribution in [1.82, 2.24) is 0 Å². The molecule has 1 N–H and O–H groups in total. The van der Waals surface area contributed by atoms with Crippen molar-refractivity contribution < 1.29 is 31.1 Å². The van der Waals surface area contributed by atoms with Crippen LogP contribution in [-0.4, -0.2) is 28.0 Å². The molecule has 0 aliphatic carbocycles. The number of aryl methyl sites for hydroxylation is 2. The molecule has 0 spiro atoms. The average molecular weight is 527 g/mol. The molecule has 0 bridgehead atoms. The molecular formula is C24H22ClF3N2O4S. The van der Waals surface area contributed by atoms with E-state index < -0.39 is 34.2 Å². The van der Waals surface area contributed by atoms with Gasteiger partial charge in [0.1, 0.15) is 17.2 Å². The van der Waals surface area contributed by atoms with Crippen molar-refractivity contribution in [2.75, 3.05) is 23.3 Å². The van der Waals surface area contributed by atoms with Gasteiger partial charge in [0.05, 0.1) is 29.1 Å². The van der Waals surface area contributed by atoms with E-state index >= 15 is 0 Å². The first kappa shape index (κ1) is 26.4. The van der Waals surface area contributed by atoms with Gasteiger partial charge in [-0.2, -0.15) is 13.2 Å². The number of carbonyl (C=O) groups excluding carboxylic acids is 1. The number of carbonyl (C=O) groups is 1. The van der Waals surface area contributed by atoms with E-state index in [-0.39, 0.29) is 27.0 Å². The minimum absolute atomic E-state index is 0.0778. The van der Waals surface area contributed by atoms with Gasteiger partial charge in [0.15, 0.2) is 0 Å². The van der Waals surface area contributed by atoms with Crippen LogP contribution in [0.4, 0.5) is 24.5 Å². The minimum Gasteiger partial charge on any atom is -0.495 e. The molecule has 0 aromatic heterocycles. The van der Waals surface area contributed by atoms with Crippen molar-refractivity contribution in [3.63, 3.8) is 0 Å². The zero-order chi connectivity index (χ0) is 26.0. The molecule has 0 fully saturated rings. The maximum absolute atomic E-state index is 13.7. The van der Waals surface area contributed by atoms with E-state index in [1.54, 1.807) is 25.1 Å². The van der Waals surface area contributed by atoms with Crippen molar-refractivity contribution in [2.24, 2.45) is 0 Å². The Kier molecular flexibility index (Phi) is 7.66. The van der Waals surface area contributed by atoms with E-state index in [9.17, 15) is 26.4 Å². The summed E-state index contributed by atoms with van der Waals surface area (Å²) in [5, 5.41) is 2.16. The lowest BCUT2D eigenvalue weighted by Crippen LogP contribution is -2.38. The zero-order valence-corrected chi connectivity index (χ0v) is 20.6. The van der Waals surface area contributed by atoms with Gasteiger partial charge >= 0.3 is 6.18 Å². The Hall–Kier alpha value is -3.24. The predicted molar refractivity (Wildman–Crippen MR) is 129 cm³/mol. The van der Waals surface area contributed by atoms with Crippen molar-refractivity contribution in [3.8, 4) is 5.75 Å². The molecule has 6 nitrogen and oxygen atoms in total. The molecule has 0 heterocycles. The Morgan fingerprint density at radius 3 is 2.23 bits per heavy atom. The minimum atomic E-state index is -4.65. The second-order valence-electron chi connectivity index (χ2n) is 7.74. The Morgan fingerprint density at radius 2 is 1.63 bits per heavy atom. The van der Waals surface area contributed by atoms with E-state index in [0.717, 1.165) is 22.0 Å². The van der Waals surface area contributed by atoms with Gasteiger partial charge in [0, 0.05) is 0 Å². The van der Waals surface area contributed by atoms with Crippen LogP contribution in [-0.2, 0) is 21.0 Å². The summed E-state index contributed by atoms with van der Waals surface area (Å²) in [4.78, 5) is 12.7. The van der Waals surface area contributed by atoms with Crippen LogP contribution in [0.1, 0.15) is 16.7 Å². The second-order valence-corrected chi connectivity index (χ2v) is 9.98. The number of alkyl halides is 3. The summed E-state index contributed by atoms with van der Waals surface area (Å²) in [7, 11) is -3.00. The number of anilines is 2. The highest BCUT2D eigenvalue weighted by molar-refractivity contribution is 7.93. The van der Waals surface area contributed by atoms with Crippen molar-refractivity contribution in [2.45, 2.75) is 24.9 Å². The number of ether oxygens (including phenoxy) is 1. The molecule has 0 aliphatic heterocycles. The Morgan fingerprint density at radius 1 is 1.00 bits per heavy atom. The van der Waals surface area contributed by atoms with Crippen LogP contribution in [0, 0.1) is 13.8 Å². The number of nitrogens with one attached hydrogen (secondary N) is 1. The van der Waals surface area contributed by atoms with Gasteiger partial charge in [-0.15, -0.1) is 0 Å². The van der Waals surface area contributed by atoms with Crippen LogP contribution in [0.5, 0.6) is 5.75 Å². The zero-order valence-electron chi connectivity index (χ0n) is 19.0. The van der Waals surface area contributed by atoms with Crippen molar-refractivity contribution in [3.05, 3.63) is 82.4 Å². The maximum atomic E-state index is 13.7. The lowest BCUT2D eigenvalue weighted by Gasteiger charge is -2.25. The average Bonchev–Trinajstić information content (AvgIpc) is 2.79. The third kappa shape index (κ3) is 6.07. The topological polar surface area (TPSA) is 75.7 Å². The number of methoxy groups -OCH3 is 1. The molecule has 0 atom stereocenters. The fraction of sp³-hybridized carbons (Fsp3) is 0.208. The number of sulfonamides is 1. The molecule has 1 amide bonds. The number of nitrogens with zero attached hydrogens (tertiary/aromatic N) is 1. The van der Waals surface area contributed by atoms with E-state index in [0.29, 0.717) is 11.6 Å². The van der Waals surface area contributed by atoms with Crippen LogP contribution in [0.3, 0.4) is 0 Å². The van der Waals surface area contributed by atoms with Gasteiger partial charge < -0.3 is 10.1 Å². The summed E-state index contributed by atoms with van der Waals surface area (Å²) in [5.74, 6) is -0.809. The summed E-state index contributed by atoms with van der Waals surface area (Å²) < 4.78 is 72.7. The van der Waals surface area contributed by atoms with Crippen LogP contribution < -0.4 is 14.4 Å². The molecule has 35 heavy (non-hydrogen) atoms. The fourth-order valence-corrected chi connectivity index (χ4v) is 5.08. The summed E-state index contributed by atoms with van der Waals surface area (Å²) in [6.07, 6.45) is -4.65.